The summed E-state index contributed by atoms with van der Waals surface area (Å²) in [5.41, 5.74) is 4.11. The van der Waals surface area contributed by atoms with Crippen LogP contribution in [0.15, 0.2) is 17.2 Å². The number of aromatic nitrogens is 3. The Kier molecular flexibility index (Phi) is 4.08. The zero-order valence-corrected chi connectivity index (χ0v) is 14.3. The molecule has 1 fully saturated rings. The average Bonchev–Trinajstić information content (AvgIpc) is 3.21. The summed E-state index contributed by atoms with van der Waals surface area (Å²) in [5.74, 6) is 1.35. The van der Waals surface area contributed by atoms with Gasteiger partial charge in [-0.25, -0.2) is 9.97 Å². The van der Waals surface area contributed by atoms with E-state index in [0.717, 1.165) is 27.8 Å². The minimum absolute atomic E-state index is 0.180. The van der Waals surface area contributed by atoms with Crippen LogP contribution in [-0.2, 0) is 0 Å². The Morgan fingerprint density at radius 1 is 1.23 bits per heavy atom. The van der Waals surface area contributed by atoms with Gasteiger partial charge in [-0.1, -0.05) is 11.8 Å². The molecule has 0 spiro atoms. The molecule has 0 unspecified atom stereocenters. The molecule has 2 aromatic rings. The summed E-state index contributed by atoms with van der Waals surface area (Å²) in [6.07, 6.45) is 2.47. The Balaban J connectivity index is 1.73. The first-order valence-corrected chi connectivity index (χ1v) is 8.61. The number of carbonyl (C=O) groups is 1. The van der Waals surface area contributed by atoms with Crippen LogP contribution in [0.5, 0.6) is 0 Å². The quantitative estimate of drug-likeness (QED) is 0.478. The second-order valence-electron chi connectivity index (χ2n) is 5.99. The molecular weight excluding hydrogens is 294 g/mol. The number of carbonyl (C=O) groups excluding carboxylic acids is 1. The molecule has 0 bridgehead atoms. The van der Waals surface area contributed by atoms with E-state index in [-0.39, 0.29) is 5.78 Å². The van der Waals surface area contributed by atoms with Crippen molar-refractivity contribution in [2.75, 3.05) is 5.75 Å². The van der Waals surface area contributed by atoms with E-state index in [0.29, 0.717) is 11.8 Å². The van der Waals surface area contributed by atoms with Crippen molar-refractivity contribution >= 4 is 17.5 Å². The first-order valence-electron chi connectivity index (χ1n) is 7.62. The SMILES string of the molecule is Cc1cc(SCC(=O)c2cc(C)n(C3CC3)c2C)nc(C)n1. The zero-order chi connectivity index (χ0) is 15.9. The molecule has 0 N–H and O–H groups in total. The third-order valence-electron chi connectivity index (χ3n) is 3.99. The lowest BCUT2D eigenvalue weighted by molar-refractivity contribution is 0.102. The molecule has 0 aromatic carbocycles. The van der Waals surface area contributed by atoms with Crippen molar-refractivity contribution in [3.05, 3.63) is 40.6 Å². The van der Waals surface area contributed by atoms with Gasteiger partial charge in [0.15, 0.2) is 5.78 Å². The molecule has 1 saturated carbocycles. The minimum atomic E-state index is 0.180. The topological polar surface area (TPSA) is 47.8 Å². The fraction of sp³-hybridized carbons (Fsp3) is 0.471. The van der Waals surface area contributed by atoms with Gasteiger partial charge in [0, 0.05) is 28.7 Å². The maximum atomic E-state index is 12.5. The normalized spacial score (nSPS) is 14.4. The largest absolute Gasteiger partial charge is 0.345 e. The Labute approximate surface area is 135 Å². The van der Waals surface area contributed by atoms with Gasteiger partial charge < -0.3 is 4.57 Å². The number of rotatable bonds is 5. The van der Waals surface area contributed by atoms with E-state index in [2.05, 4.69) is 28.4 Å². The summed E-state index contributed by atoms with van der Waals surface area (Å²) in [5, 5.41) is 0.870. The lowest BCUT2D eigenvalue weighted by Crippen LogP contribution is -2.06. The average molecular weight is 315 g/mol. The van der Waals surface area contributed by atoms with E-state index in [9.17, 15) is 4.79 Å². The van der Waals surface area contributed by atoms with E-state index in [1.165, 1.54) is 30.3 Å². The molecular formula is C17H21N3OS. The highest BCUT2D eigenvalue weighted by Crippen LogP contribution is 2.38. The predicted molar refractivity (Wildman–Crippen MR) is 88.7 cm³/mol. The van der Waals surface area contributed by atoms with Gasteiger partial charge in [0.25, 0.3) is 0 Å². The monoisotopic (exact) mass is 315 g/mol. The van der Waals surface area contributed by atoms with Crippen molar-refractivity contribution in [2.24, 2.45) is 0 Å². The first-order chi connectivity index (χ1) is 10.5. The molecule has 0 aliphatic heterocycles. The van der Waals surface area contributed by atoms with Crippen molar-refractivity contribution < 1.29 is 4.79 Å². The molecule has 5 heteroatoms. The lowest BCUT2D eigenvalue weighted by Gasteiger charge is -2.07. The summed E-state index contributed by atoms with van der Waals surface area (Å²) < 4.78 is 2.32. The molecule has 0 amide bonds. The summed E-state index contributed by atoms with van der Waals surface area (Å²) >= 11 is 1.49. The fourth-order valence-electron chi connectivity index (χ4n) is 2.93. The molecule has 116 valence electrons. The summed E-state index contributed by atoms with van der Waals surface area (Å²) in [4.78, 5) is 21.2. The van der Waals surface area contributed by atoms with Crippen molar-refractivity contribution in [1.82, 2.24) is 14.5 Å². The molecule has 0 radical (unpaired) electrons. The van der Waals surface area contributed by atoms with Gasteiger partial charge in [0.05, 0.1) is 5.75 Å². The molecule has 1 aliphatic carbocycles. The van der Waals surface area contributed by atoms with Gasteiger partial charge in [-0.3, -0.25) is 4.79 Å². The Bertz CT molecular complexity index is 711. The smallest absolute Gasteiger partial charge is 0.174 e. The van der Waals surface area contributed by atoms with Crippen molar-refractivity contribution in [3.63, 3.8) is 0 Å². The van der Waals surface area contributed by atoms with Gasteiger partial charge in [0.1, 0.15) is 10.9 Å². The molecule has 1 aliphatic rings. The Morgan fingerprint density at radius 3 is 2.59 bits per heavy atom. The standard InChI is InChI=1S/C17H21N3OS/c1-10-7-17(19-13(4)18-10)22-9-16(21)15-8-11(2)20(12(15)3)14-5-6-14/h7-8,14H,5-6,9H2,1-4H3. The molecule has 2 heterocycles. The molecule has 0 atom stereocenters. The minimum Gasteiger partial charge on any atom is -0.345 e. The molecule has 22 heavy (non-hydrogen) atoms. The van der Waals surface area contributed by atoms with Crippen molar-refractivity contribution in [2.45, 2.75) is 51.6 Å². The summed E-state index contributed by atoms with van der Waals surface area (Å²) in [6.45, 7) is 7.97. The second kappa shape index (κ2) is 5.88. The van der Waals surface area contributed by atoms with E-state index in [1.54, 1.807) is 0 Å². The molecule has 2 aromatic heterocycles. The molecule has 0 saturated heterocycles. The van der Waals surface area contributed by atoms with Crippen LogP contribution in [0.25, 0.3) is 0 Å². The summed E-state index contributed by atoms with van der Waals surface area (Å²) in [7, 11) is 0. The van der Waals surface area contributed by atoms with E-state index >= 15 is 0 Å². The van der Waals surface area contributed by atoms with Crippen LogP contribution in [0, 0.1) is 27.7 Å². The number of thioether (sulfide) groups is 1. The third kappa shape index (κ3) is 3.09. The van der Waals surface area contributed by atoms with Crippen molar-refractivity contribution in [1.29, 1.82) is 0 Å². The first kappa shape index (κ1) is 15.3. The van der Waals surface area contributed by atoms with Crippen LogP contribution in [0.1, 0.15) is 52.1 Å². The zero-order valence-electron chi connectivity index (χ0n) is 13.5. The fourth-order valence-corrected chi connectivity index (χ4v) is 3.81. The van der Waals surface area contributed by atoms with Crippen LogP contribution in [0.3, 0.4) is 0 Å². The van der Waals surface area contributed by atoms with Crippen LogP contribution >= 0.6 is 11.8 Å². The Hall–Kier alpha value is -1.62. The van der Waals surface area contributed by atoms with Gasteiger partial charge in [-0.15, -0.1) is 0 Å². The maximum absolute atomic E-state index is 12.5. The summed E-state index contributed by atoms with van der Waals surface area (Å²) in [6, 6.07) is 4.58. The number of hydrogen-bond donors (Lipinski definition) is 0. The lowest BCUT2D eigenvalue weighted by atomic mass is 10.2. The van der Waals surface area contributed by atoms with Crippen molar-refractivity contribution in [3.8, 4) is 0 Å². The van der Waals surface area contributed by atoms with Gasteiger partial charge in [-0.05, 0) is 52.7 Å². The van der Waals surface area contributed by atoms with Gasteiger partial charge in [-0.2, -0.15) is 0 Å². The highest BCUT2D eigenvalue weighted by atomic mass is 32.2. The van der Waals surface area contributed by atoms with E-state index < -0.39 is 0 Å². The maximum Gasteiger partial charge on any atom is 0.174 e. The van der Waals surface area contributed by atoms with Crippen LogP contribution in [0.2, 0.25) is 0 Å². The number of Topliss-reactive ketones (excluding diaryl/α,β-unsaturated/α-hetero) is 1. The van der Waals surface area contributed by atoms with Crippen LogP contribution in [0.4, 0.5) is 0 Å². The van der Waals surface area contributed by atoms with E-state index in [1.807, 2.05) is 26.0 Å². The predicted octanol–water partition coefficient (Wildman–Crippen LogP) is 3.82. The van der Waals surface area contributed by atoms with Crippen LogP contribution < -0.4 is 0 Å². The highest BCUT2D eigenvalue weighted by Gasteiger charge is 2.28. The third-order valence-corrected chi connectivity index (χ3v) is 4.90. The van der Waals surface area contributed by atoms with Gasteiger partial charge in [0.2, 0.25) is 0 Å². The highest BCUT2D eigenvalue weighted by molar-refractivity contribution is 7.99. The number of hydrogen-bond acceptors (Lipinski definition) is 4. The molecule has 3 rings (SSSR count). The van der Waals surface area contributed by atoms with Gasteiger partial charge >= 0.3 is 0 Å². The number of aryl methyl sites for hydroxylation is 3. The number of ketones is 1. The molecule has 4 nitrogen and oxygen atoms in total. The second-order valence-corrected chi connectivity index (χ2v) is 6.99. The van der Waals surface area contributed by atoms with Crippen LogP contribution in [-0.4, -0.2) is 26.1 Å². The number of nitrogens with zero attached hydrogens (tertiary/aromatic N) is 3. The van der Waals surface area contributed by atoms with E-state index in [4.69, 9.17) is 0 Å². The Morgan fingerprint density at radius 2 is 1.95 bits per heavy atom.